The zero-order valence-corrected chi connectivity index (χ0v) is 11.6. The second-order valence-corrected chi connectivity index (χ2v) is 6.11. The van der Waals surface area contributed by atoms with Gasteiger partial charge in [-0.3, -0.25) is 4.90 Å². The van der Waals surface area contributed by atoms with Crippen molar-refractivity contribution in [1.82, 2.24) is 15.1 Å². The Morgan fingerprint density at radius 1 is 1.22 bits per heavy atom. The predicted octanol–water partition coefficient (Wildman–Crippen LogP) is 0.391. The smallest absolute Gasteiger partial charge is 0.0521 e. The fraction of sp³-hybridized carbons (Fsp3) is 1.00. The topological polar surface area (TPSA) is 27.7 Å². The lowest BCUT2D eigenvalue weighted by molar-refractivity contribution is 0.00604. The number of ether oxygens (including phenoxy) is 1. The van der Waals surface area contributed by atoms with Crippen molar-refractivity contribution in [2.75, 3.05) is 53.0 Å². The van der Waals surface area contributed by atoms with Crippen molar-refractivity contribution in [3.8, 4) is 0 Å². The molecular formula is C14H27N3O. The first-order valence-corrected chi connectivity index (χ1v) is 7.58. The highest BCUT2D eigenvalue weighted by molar-refractivity contribution is 4.89. The zero-order valence-electron chi connectivity index (χ0n) is 11.6. The molecule has 3 heterocycles. The summed E-state index contributed by atoms with van der Waals surface area (Å²) in [5.74, 6) is 0.678. The highest BCUT2D eigenvalue weighted by Crippen LogP contribution is 2.23. The van der Waals surface area contributed by atoms with Gasteiger partial charge in [-0.05, 0) is 32.9 Å². The molecular weight excluding hydrogens is 226 g/mol. The van der Waals surface area contributed by atoms with Crippen molar-refractivity contribution in [1.29, 1.82) is 0 Å². The van der Waals surface area contributed by atoms with Crippen LogP contribution in [-0.4, -0.2) is 74.9 Å². The van der Waals surface area contributed by atoms with Gasteiger partial charge in [0, 0.05) is 50.8 Å². The summed E-state index contributed by atoms with van der Waals surface area (Å²) in [7, 11) is 2.10. The zero-order chi connectivity index (χ0) is 12.4. The molecule has 0 saturated carbocycles. The van der Waals surface area contributed by atoms with Crippen LogP contribution in [0.15, 0.2) is 0 Å². The standard InChI is InChI=1S/C14H27N3O/c1-15-14-4-8-18-11-12(14)9-16-6-7-17-5-2-3-13(17)10-16/h12-15H,2-11H2,1H3. The summed E-state index contributed by atoms with van der Waals surface area (Å²) in [4.78, 5) is 5.36. The molecule has 0 aromatic carbocycles. The van der Waals surface area contributed by atoms with Gasteiger partial charge in [0.15, 0.2) is 0 Å². The fourth-order valence-corrected chi connectivity index (χ4v) is 3.91. The Kier molecular flexibility index (Phi) is 4.19. The molecule has 0 amide bonds. The van der Waals surface area contributed by atoms with E-state index in [0.717, 1.165) is 19.3 Å². The van der Waals surface area contributed by atoms with Crippen LogP contribution in [0.5, 0.6) is 0 Å². The van der Waals surface area contributed by atoms with Gasteiger partial charge in [0.05, 0.1) is 6.61 Å². The summed E-state index contributed by atoms with van der Waals surface area (Å²) < 4.78 is 5.67. The number of hydrogen-bond donors (Lipinski definition) is 1. The average molecular weight is 253 g/mol. The van der Waals surface area contributed by atoms with E-state index in [1.165, 1.54) is 52.0 Å². The third-order valence-corrected chi connectivity index (χ3v) is 5.01. The lowest BCUT2D eigenvalue weighted by Gasteiger charge is -2.41. The van der Waals surface area contributed by atoms with Crippen molar-refractivity contribution in [2.45, 2.75) is 31.3 Å². The Morgan fingerprint density at radius 2 is 2.17 bits per heavy atom. The Morgan fingerprint density at radius 3 is 3.06 bits per heavy atom. The summed E-state index contributed by atoms with van der Waals surface area (Å²) in [6, 6.07) is 1.50. The summed E-state index contributed by atoms with van der Waals surface area (Å²) in [5.41, 5.74) is 0. The summed E-state index contributed by atoms with van der Waals surface area (Å²) >= 11 is 0. The molecule has 0 bridgehead atoms. The second kappa shape index (κ2) is 5.87. The molecule has 4 heteroatoms. The Bertz CT molecular complexity index is 274. The first-order chi connectivity index (χ1) is 8.86. The SMILES string of the molecule is CNC1CCOCC1CN1CCN2CCCC2C1. The van der Waals surface area contributed by atoms with Gasteiger partial charge in [-0.15, -0.1) is 0 Å². The van der Waals surface area contributed by atoms with Crippen molar-refractivity contribution >= 4 is 0 Å². The largest absolute Gasteiger partial charge is 0.381 e. The van der Waals surface area contributed by atoms with Crippen LogP contribution in [0.3, 0.4) is 0 Å². The monoisotopic (exact) mass is 253 g/mol. The molecule has 104 valence electrons. The molecule has 0 aliphatic carbocycles. The average Bonchev–Trinajstić information content (AvgIpc) is 2.87. The van der Waals surface area contributed by atoms with Crippen LogP contribution in [-0.2, 0) is 4.74 Å². The van der Waals surface area contributed by atoms with Gasteiger partial charge in [0.25, 0.3) is 0 Å². The normalized spacial score (nSPS) is 38.8. The van der Waals surface area contributed by atoms with Gasteiger partial charge in [0.1, 0.15) is 0 Å². The van der Waals surface area contributed by atoms with Crippen LogP contribution in [0.4, 0.5) is 0 Å². The van der Waals surface area contributed by atoms with Gasteiger partial charge in [-0.25, -0.2) is 0 Å². The molecule has 3 aliphatic heterocycles. The van der Waals surface area contributed by atoms with Gasteiger partial charge in [0.2, 0.25) is 0 Å². The Hall–Kier alpha value is -0.160. The molecule has 0 spiro atoms. The molecule has 3 rings (SSSR count). The molecule has 3 unspecified atom stereocenters. The number of nitrogens with one attached hydrogen (secondary N) is 1. The van der Waals surface area contributed by atoms with Crippen LogP contribution in [0.1, 0.15) is 19.3 Å². The van der Waals surface area contributed by atoms with Crippen LogP contribution in [0, 0.1) is 5.92 Å². The maximum atomic E-state index is 5.67. The molecule has 0 aromatic rings. The predicted molar refractivity (Wildman–Crippen MR) is 72.8 cm³/mol. The maximum absolute atomic E-state index is 5.67. The van der Waals surface area contributed by atoms with Crippen LogP contribution in [0.25, 0.3) is 0 Å². The molecule has 18 heavy (non-hydrogen) atoms. The van der Waals surface area contributed by atoms with Crippen molar-refractivity contribution < 1.29 is 4.74 Å². The molecule has 1 N–H and O–H groups in total. The summed E-state index contributed by atoms with van der Waals surface area (Å²) in [6.07, 6.45) is 3.99. The van der Waals surface area contributed by atoms with E-state index in [-0.39, 0.29) is 0 Å². The van der Waals surface area contributed by atoms with E-state index in [9.17, 15) is 0 Å². The molecule has 0 aromatic heterocycles. The number of rotatable bonds is 3. The molecule has 3 fully saturated rings. The van der Waals surface area contributed by atoms with Crippen LogP contribution >= 0.6 is 0 Å². The van der Waals surface area contributed by atoms with Crippen molar-refractivity contribution in [3.05, 3.63) is 0 Å². The van der Waals surface area contributed by atoms with Gasteiger partial charge in [-0.2, -0.15) is 0 Å². The number of hydrogen-bond acceptors (Lipinski definition) is 4. The Balaban J connectivity index is 1.52. The van der Waals surface area contributed by atoms with E-state index in [1.54, 1.807) is 0 Å². The number of nitrogens with zero attached hydrogens (tertiary/aromatic N) is 2. The first kappa shape index (κ1) is 12.9. The quantitative estimate of drug-likeness (QED) is 0.787. The lowest BCUT2D eigenvalue weighted by Crippen LogP contribution is -2.54. The van der Waals surface area contributed by atoms with Crippen molar-refractivity contribution in [3.63, 3.8) is 0 Å². The first-order valence-electron chi connectivity index (χ1n) is 7.58. The van der Waals surface area contributed by atoms with Crippen molar-refractivity contribution in [2.24, 2.45) is 5.92 Å². The molecule has 4 nitrogen and oxygen atoms in total. The minimum Gasteiger partial charge on any atom is -0.381 e. The fourth-order valence-electron chi connectivity index (χ4n) is 3.91. The van der Waals surface area contributed by atoms with Gasteiger partial charge in [-0.1, -0.05) is 0 Å². The van der Waals surface area contributed by atoms with Crippen LogP contribution in [0.2, 0.25) is 0 Å². The van der Waals surface area contributed by atoms with E-state index < -0.39 is 0 Å². The van der Waals surface area contributed by atoms with E-state index in [1.807, 2.05) is 0 Å². The van der Waals surface area contributed by atoms with Crippen LogP contribution < -0.4 is 5.32 Å². The maximum Gasteiger partial charge on any atom is 0.0521 e. The third-order valence-electron chi connectivity index (χ3n) is 5.01. The number of fused-ring (bicyclic) bond motifs is 1. The van der Waals surface area contributed by atoms with E-state index in [2.05, 4.69) is 22.2 Å². The minimum atomic E-state index is 0.653. The summed E-state index contributed by atoms with van der Waals surface area (Å²) in [5, 5.41) is 3.47. The third kappa shape index (κ3) is 2.72. The highest BCUT2D eigenvalue weighted by Gasteiger charge is 2.33. The Labute approximate surface area is 111 Å². The molecule has 3 aliphatic rings. The molecule has 0 radical (unpaired) electrons. The minimum absolute atomic E-state index is 0.653. The van der Waals surface area contributed by atoms with E-state index >= 15 is 0 Å². The number of piperazine rings is 1. The van der Waals surface area contributed by atoms with E-state index in [4.69, 9.17) is 4.74 Å². The molecule has 3 atom stereocenters. The second-order valence-electron chi connectivity index (χ2n) is 6.11. The van der Waals surface area contributed by atoms with Gasteiger partial charge < -0.3 is 15.0 Å². The lowest BCUT2D eigenvalue weighted by atomic mass is 9.94. The summed E-state index contributed by atoms with van der Waals surface area (Å²) in [6.45, 7) is 8.24. The molecule has 3 saturated heterocycles. The highest BCUT2D eigenvalue weighted by atomic mass is 16.5. The van der Waals surface area contributed by atoms with E-state index in [0.29, 0.717) is 12.0 Å². The van der Waals surface area contributed by atoms with Gasteiger partial charge >= 0.3 is 0 Å².